The second-order valence-electron chi connectivity index (χ2n) is 4.93. The third-order valence-corrected chi connectivity index (χ3v) is 3.53. The Bertz CT molecular complexity index is 909. The van der Waals surface area contributed by atoms with Gasteiger partial charge in [-0.2, -0.15) is 5.26 Å². The fraction of sp³-hybridized carbons (Fsp3) is 0. The summed E-state index contributed by atoms with van der Waals surface area (Å²) in [6.45, 7) is 3.77. The van der Waals surface area contributed by atoms with Crippen molar-refractivity contribution >= 4 is 28.6 Å². The molecule has 22 heavy (non-hydrogen) atoms. The lowest BCUT2D eigenvalue weighted by Gasteiger charge is -2.00. The van der Waals surface area contributed by atoms with Crippen molar-refractivity contribution in [2.45, 2.75) is 0 Å². The maximum absolute atomic E-state index is 13.0. The minimum atomic E-state index is -0.293. The second-order valence-corrected chi connectivity index (χ2v) is 4.93. The summed E-state index contributed by atoms with van der Waals surface area (Å²) in [5.74, 6) is -0.293. The molecule has 3 heteroatoms. The lowest BCUT2D eigenvalue weighted by molar-refractivity contribution is 0.628. The van der Waals surface area contributed by atoms with Gasteiger partial charge >= 0.3 is 0 Å². The van der Waals surface area contributed by atoms with Gasteiger partial charge in [-0.1, -0.05) is 30.9 Å². The summed E-state index contributed by atoms with van der Waals surface area (Å²) < 4.78 is 13.0. The number of halogens is 1. The van der Waals surface area contributed by atoms with Crippen molar-refractivity contribution in [3.05, 3.63) is 77.7 Å². The predicted molar refractivity (Wildman–Crippen MR) is 88.3 cm³/mol. The van der Waals surface area contributed by atoms with Crippen molar-refractivity contribution in [3.8, 4) is 6.07 Å². The van der Waals surface area contributed by atoms with Crippen LogP contribution < -0.4 is 0 Å². The number of allylic oxidation sites excluding steroid dienone is 1. The fourth-order valence-corrected chi connectivity index (χ4v) is 2.38. The van der Waals surface area contributed by atoms with Crippen LogP contribution in [0.4, 0.5) is 4.39 Å². The first-order valence-corrected chi connectivity index (χ1v) is 6.82. The second kappa shape index (κ2) is 5.71. The number of rotatable bonds is 3. The molecule has 0 saturated heterocycles. The SMILES string of the molecule is C=Cc1ccc2[nH]cc(/C(C#N)=C/c3ccc(F)cc3)c2c1. The van der Waals surface area contributed by atoms with Gasteiger partial charge in [-0.05, 0) is 41.5 Å². The molecule has 1 aromatic heterocycles. The lowest BCUT2D eigenvalue weighted by atomic mass is 10.0. The van der Waals surface area contributed by atoms with Crippen LogP contribution >= 0.6 is 0 Å². The first kappa shape index (κ1) is 13.8. The first-order chi connectivity index (χ1) is 10.7. The van der Waals surface area contributed by atoms with Gasteiger partial charge in [-0.3, -0.25) is 0 Å². The number of H-pyrrole nitrogens is 1. The van der Waals surface area contributed by atoms with Crippen molar-refractivity contribution in [3.63, 3.8) is 0 Å². The van der Waals surface area contributed by atoms with E-state index >= 15 is 0 Å². The molecule has 0 spiro atoms. The highest BCUT2D eigenvalue weighted by Crippen LogP contribution is 2.27. The Morgan fingerprint density at radius 1 is 1.14 bits per heavy atom. The monoisotopic (exact) mass is 288 g/mol. The van der Waals surface area contributed by atoms with Gasteiger partial charge in [0.2, 0.25) is 0 Å². The predicted octanol–water partition coefficient (Wildman–Crippen LogP) is 5.01. The molecule has 1 N–H and O–H groups in total. The summed E-state index contributed by atoms with van der Waals surface area (Å²) in [4.78, 5) is 3.16. The Kier molecular flexibility index (Phi) is 3.59. The third kappa shape index (κ3) is 2.55. The number of hydrogen-bond donors (Lipinski definition) is 1. The highest BCUT2D eigenvalue weighted by Gasteiger charge is 2.09. The van der Waals surface area contributed by atoms with Gasteiger partial charge in [0.1, 0.15) is 5.82 Å². The normalized spacial score (nSPS) is 11.4. The lowest BCUT2D eigenvalue weighted by Crippen LogP contribution is -1.82. The molecular weight excluding hydrogens is 275 g/mol. The summed E-state index contributed by atoms with van der Waals surface area (Å²) in [5.41, 5.74) is 4.09. The molecule has 0 saturated carbocycles. The number of fused-ring (bicyclic) bond motifs is 1. The summed E-state index contributed by atoms with van der Waals surface area (Å²) in [6.07, 6.45) is 5.34. The van der Waals surface area contributed by atoms with Gasteiger partial charge in [-0.15, -0.1) is 0 Å². The maximum Gasteiger partial charge on any atom is 0.123 e. The first-order valence-electron chi connectivity index (χ1n) is 6.82. The van der Waals surface area contributed by atoms with E-state index in [1.54, 1.807) is 24.3 Å². The van der Waals surface area contributed by atoms with E-state index < -0.39 is 0 Å². The largest absolute Gasteiger partial charge is 0.361 e. The van der Waals surface area contributed by atoms with Crippen LogP contribution in [-0.2, 0) is 0 Å². The molecular formula is C19H13FN2. The van der Waals surface area contributed by atoms with Crippen LogP contribution in [0.15, 0.2) is 55.2 Å². The van der Waals surface area contributed by atoms with Crippen molar-refractivity contribution in [1.29, 1.82) is 5.26 Å². The molecule has 0 aliphatic heterocycles. The van der Waals surface area contributed by atoms with E-state index in [2.05, 4.69) is 17.6 Å². The number of nitrogens with zero attached hydrogens (tertiary/aromatic N) is 1. The summed E-state index contributed by atoms with van der Waals surface area (Å²) in [6, 6.07) is 14.2. The zero-order valence-corrected chi connectivity index (χ0v) is 11.8. The Morgan fingerprint density at radius 2 is 1.86 bits per heavy atom. The van der Waals surface area contributed by atoms with E-state index in [1.807, 2.05) is 24.4 Å². The number of aromatic amines is 1. The number of nitrogens with one attached hydrogen (secondary N) is 1. The topological polar surface area (TPSA) is 39.6 Å². The van der Waals surface area contributed by atoms with Crippen LogP contribution in [0.25, 0.3) is 28.6 Å². The molecule has 0 aliphatic rings. The summed E-state index contributed by atoms with van der Waals surface area (Å²) >= 11 is 0. The van der Waals surface area contributed by atoms with Crippen LogP contribution in [0.1, 0.15) is 16.7 Å². The van der Waals surface area contributed by atoms with Gasteiger partial charge in [0.25, 0.3) is 0 Å². The molecule has 3 rings (SSSR count). The number of nitriles is 1. The minimum Gasteiger partial charge on any atom is -0.361 e. The van der Waals surface area contributed by atoms with Crippen molar-refractivity contribution in [1.82, 2.24) is 4.98 Å². The van der Waals surface area contributed by atoms with E-state index in [9.17, 15) is 9.65 Å². The molecule has 0 atom stereocenters. The molecule has 0 radical (unpaired) electrons. The maximum atomic E-state index is 13.0. The van der Waals surface area contributed by atoms with Gasteiger partial charge in [0, 0.05) is 22.7 Å². The van der Waals surface area contributed by atoms with E-state index in [4.69, 9.17) is 0 Å². The van der Waals surface area contributed by atoms with Crippen LogP contribution in [0.2, 0.25) is 0 Å². The molecule has 1 heterocycles. The quantitative estimate of drug-likeness (QED) is 0.676. The molecule has 2 nitrogen and oxygen atoms in total. The molecule has 3 aromatic rings. The Hall–Kier alpha value is -3.12. The van der Waals surface area contributed by atoms with Crippen LogP contribution in [-0.4, -0.2) is 4.98 Å². The summed E-state index contributed by atoms with van der Waals surface area (Å²) in [7, 11) is 0. The average molecular weight is 288 g/mol. The Morgan fingerprint density at radius 3 is 2.55 bits per heavy atom. The van der Waals surface area contributed by atoms with Gasteiger partial charge < -0.3 is 4.98 Å². The highest BCUT2D eigenvalue weighted by molar-refractivity contribution is 6.01. The standard InChI is InChI=1S/C19H13FN2/c1-2-13-5-8-19-17(10-13)18(12-22-19)15(11-21)9-14-3-6-16(20)7-4-14/h2-10,12,22H,1H2/b15-9+. The van der Waals surface area contributed by atoms with E-state index in [0.29, 0.717) is 5.57 Å². The smallest absolute Gasteiger partial charge is 0.123 e. The van der Waals surface area contributed by atoms with Crippen molar-refractivity contribution in [2.24, 2.45) is 0 Å². The number of hydrogen-bond acceptors (Lipinski definition) is 1. The molecule has 0 fully saturated rings. The van der Waals surface area contributed by atoms with Crippen LogP contribution in [0.3, 0.4) is 0 Å². The molecule has 106 valence electrons. The van der Waals surface area contributed by atoms with Crippen LogP contribution in [0.5, 0.6) is 0 Å². The highest BCUT2D eigenvalue weighted by atomic mass is 19.1. The van der Waals surface area contributed by atoms with Crippen LogP contribution in [0, 0.1) is 17.1 Å². The number of benzene rings is 2. The van der Waals surface area contributed by atoms with E-state index in [0.717, 1.165) is 27.6 Å². The summed E-state index contributed by atoms with van der Waals surface area (Å²) in [5, 5.41) is 10.4. The average Bonchev–Trinajstić information content (AvgIpc) is 2.97. The third-order valence-electron chi connectivity index (χ3n) is 3.53. The van der Waals surface area contributed by atoms with E-state index in [1.165, 1.54) is 12.1 Å². The fourth-order valence-electron chi connectivity index (χ4n) is 2.38. The minimum absolute atomic E-state index is 0.293. The zero-order chi connectivity index (χ0) is 15.5. The molecule has 0 unspecified atom stereocenters. The van der Waals surface area contributed by atoms with Gasteiger partial charge in [-0.25, -0.2) is 4.39 Å². The molecule has 0 aliphatic carbocycles. The molecule has 0 amide bonds. The van der Waals surface area contributed by atoms with Gasteiger partial charge in [0.05, 0.1) is 11.6 Å². The Balaban J connectivity index is 2.13. The van der Waals surface area contributed by atoms with Crippen molar-refractivity contribution in [2.75, 3.05) is 0 Å². The molecule has 0 bridgehead atoms. The van der Waals surface area contributed by atoms with E-state index in [-0.39, 0.29) is 5.82 Å². The number of aromatic nitrogens is 1. The Labute approximate surface area is 127 Å². The van der Waals surface area contributed by atoms with Crippen molar-refractivity contribution < 1.29 is 4.39 Å². The van der Waals surface area contributed by atoms with Gasteiger partial charge in [0.15, 0.2) is 0 Å². The molecule has 2 aromatic carbocycles. The zero-order valence-electron chi connectivity index (χ0n) is 11.8.